The van der Waals surface area contributed by atoms with Crippen LogP contribution in [-0.4, -0.2) is 13.6 Å². The molecular formula is C17H29N. The molecule has 2 aromatic carbocycles. The summed E-state index contributed by atoms with van der Waals surface area (Å²) in [5, 5.41) is 5.55. The van der Waals surface area contributed by atoms with Crippen molar-refractivity contribution in [2.75, 3.05) is 13.6 Å². The Balaban J connectivity index is 0. The second-order valence-corrected chi connectivity index (χ2v) is 3.05. The summed E-state index contributed by atoms with van der Waals surface area (Å²) in [5.74, 6) is 0. The van der Waals surface area contributed by atoms with E-state index in [0.717, 1.165) is 6.54 Å². The van der Waals surface area contributed by atoms with Crippen molar-refractivity contribution in [3.8, 4) is 0 Å². The largest absolute Gasteiger partial charge is 0.320 e. The standard InChI is InChI=1S/C10H8.C3H9N.2C2H6/c1-2-6-10-8-4-3-7-9(10)5-1;1-3-4-2;2*1-2/h1-8H;4H,3H2,1-2H3;2*1-2H3. The average molecular weight is 247 g/mol. The van der Waals surface area contributed by atoms with Gasteiger partial charge in [-0.3, -0.25) is 0 Å². The van der Waals surface area contributed by atoms with Gasteiger partial charge < -0.3 is 5.32 Å². The lowest BCUT2D eigenvalue weighted by Gasteiger charge is -1.92. The fraction of sp³-hybridized carbons (Fsp3) is 0.412. The molecule has 0 aromatic heterocycles. The predicted molar refractivity (Wildman–Crippen MR) is 86.2 cm³/mol. The van der Waals surface area contributed by atoms with Gasteiger partial charge in [-0.2, -0.15) is 0 Å². The molecule has 0 aliphatic carbocycles. The zero-order valence-corrected chi connectivity index (χ0v) is 12.8. The van der Waals surface area contributed by atoms with Gasteiger partial charge >= 0.3 is 0 Å². The van der Waals surface area contributed by atoms with E-state index in [1.54, 1.807) is 0 Å². The van der Waals surface area contributed by atoms with Crippen LogP contribution in [0.4, 0.5) is 0 Å². The summed E-state index contributed by atoms with van der Waals surface area (Å²) < 4.78 is 0. The Bertz CT molecular complexity index is 301. The van der Waals surface area contributed by atoms with Gasteiger partial charge in [-0.25, -0.2) is 0 Å². The molecule has 1 heteroatoms. The van der Waals surface area contributed by atoms with E-state index in [1.807, 2.05) is 34.7 Å². The van der Waals surface area contributed by atoms with E-state index in [-0.39, 0.29) is 0 Å². The van der Waals surface area contributed by atoms with E-state index in [2.05, 4.69) is 60.8 Å². The van der Waals surface area contributed by atoms with Gasteiger partial charge in [0.1, 0.15) is 0 Å². The van der Waals surface area contributed by atoms with Gasteiger partial charge in [0.2, 0.25) is 0 Å². The van der Waals surface area contributed by atoms with E-state index < -0.39 is 0 Å². The Morgan fingerprint density at radius 3 is 1.11 bits per heavy atom. The number of hydrogen-bond acceptors (Lipinski definition) is 1. The first-order valence-corrected chi connectivity index (χ1v) is 6.97. The van der Waals surface area contributed by atoms with Crippen LogP contribution < -0.4 is 5.32 Å². The molecule has 0 radical (unpaired) electrons. The molecule has 0 spiro atoms. The fourth-order valence-electron chi connectivity index (χ4n) is 1.13. The molecule has 2 aromatic rings. The molecule has 2 rings (SSSR count). The van der Waals surface area contributed by atoms with Crippen molar-refractivity contribution in [1.29, 1.82) is 0 Å². The summed E-state index contributed by atoms with van der Waals surface area (Å²) in [6.07, 6.45) is 0. The van der Waals surface area contributed by atoms with Gasteiger partial charge in [-0.1, -0.05) is 83.1 Å². The first-order chi connectivity index (χ1) is 8.88. The van der Waals surface area contributed by atoms with E-state index in [1.165, 1.54) is 10.8 Å². The molecule has 0 bridgehead atoms. The Morgan fingerprint density at radius 2 is 0.944 bits per heavy atom. The highest BCUT2D eigenvalue weighted by molar-refractivity contribution is 5.81. The topological polar surface area (TPSA) is 12.0 Å². The maximum Gasteiger partial charge on any atom is -0.00804 e. The van der Waals surface area contributed by atoms with Crippen molar-refractivity contribution in [1.82, 2.24) is 5.32 Å². The number of rotatable bonds is 1. The number of hydrogen-bond donors (Lipinski definition) is 1. The average Bonchev–Trinajstić information content (AvgIpc) is 2.51. The van der Waals surface area contributed by atoms with Crippen LogP contribution in [-0.2, 0) is 0 Å². The monoisotopic (exact) mass is 247 g/mol. The molecule has 0 heterocycles. The smallest absolute Gasteiger partial charge is 0.00804 e. The Kier molecular flexibility index (Phi) is 16.5. The molecular weight excluding hydrogens is 218 g/mol. The fourth-order valence-corrected chi connectivity index (χ4v) is 1.13. The van der Waals surface area contributed by atoms with E-state index in [4.69, 9.17) is 0 Å². The molecule has 0 amide bonds. The van der Waals surface area contributed by atoms with Crippen LogP contribution in [0.25, 0.3) is 10.8 Å². The summed E-state index contributed by atoms with van der Waals surface area (Å²) in [6.45, 7) is 11.1. The quantitative estimate of drug-likeness (QED) is 0.737. The van der Waals surface area contributed by atoms with Crippen molar-refractivity contribution in [3.63, 3.8) is 0 Å². The second kappa shape index (κ2) is 15.7. The summed E-state index contributed by atoms with van der Waals surface area (Å²) in [4.78, 5) is 0. The molecule has 0 aliphatic rings. The molecule has 1 N–H and O–H groups in total. The van der Waals surface area contributed by atoms with Gasteiger partial charge in [-0.15, -0.1) is 0 Å². The Hall–Kier alpha value is -1.34. The maximum absolute atomic E-state index is 2.93. The Morgan fingerprint density at radius 1 is 0.722 bits per heavy atom. The van der Waals surface area contributed by atoms with Crippen LogP contribution in [0, 0.1) is 0 Å². The highest BCUT2D eigenvalue weighted by atomic mass is 14.8. The molecule has 0 saturated heterocycles. The highest BCUT2D eigenvalue weighted by Crippen LogP contribution is 2.11. The predicted octanol–water partition coefficient (Wildman–Crippen LogP) is 5.12. The first-order valence-electron chi connectivity index (χ1n) is 6.97. The summed E-state index contributed by atoms with van der Waals surface area (Å²) in [7, 11) is 1.93. The molecule has 0 fully saturated rings. The number of fused-ring (bicyclic) bond motifs is 1. The Labute approximate surface area is 113 Å². The van der Waals surface area contributed by atoms with Crippen molar-refractivity contribution in [3.05, 3.63) is 48.5 Å². The molecule has 1 nitrogen and oxygen atoms in total. The molecule has 102 valence electrons. The molecule has 0 saturated carbocycles. The van der Waals surface area contributed by atoms with Gasteiger partial charge in [0.05, 0.1) is 0 Å². The van der Waals surface area contributed by atoms with Gasteiger partial charge in [0.25, 0.3) is 0 Å². The summed E-state index contributed by atoms with van der Waals surface area (Å²) in [5.41, 5.74) is 0. The van der Waals surface area contributed by atoms with Crippen molar-refractivity contribution in [2.24, 2.45) is 0 Å². The zero-order chi connectivity index (χ0) is 14.2. The lowest BCUT2D eigenvalue weighted by molar-refractivity contribution is 0.864. The molecule has 18 heavy (non-hydrogen) atoms. The zero-order valence-electron chi connectivity index (χ0n) is 12.8. The normalized spacial score (nSPS) is 7.89. The highest BCUT2D eigenvalue weighted by Gasteiger charge is 1.85. The SMILES string of the molecule is CC.CC.CCNC.c1ccc2ccccc2c1. The van der Waals surface area contributed by atoms with Crippen molar-refractivity contribution in [2.45, 2.75) is 34.6 Å². The van der Waals surface area contributed by atoms with Gasteiger partial charge in [-0.05, 0) is 24.4 Å². The van der Waals surface area contributed by atoms with Crippen molar-refractivity contribution < 1.29 is 0 Å². The van der Waals surface area contributed by atoms with Crippen LogP contribution in [0.1, 0.15) is 34.6 Å². The third-order valence-electron chi connectivity index (χ3n) is 2.01. The van der Waals surface area contributed by atoms with Crippen LogP contribution in [0.3, 0.4) is 0 Å². The van der Waals surface area contributed by atoms with E-state index in [0.29, 0.717) is 0 Å². The lowest BCUT2D eigenvalue weighted by atomic mass is 10.1. The maximum atomic E-state index is 2.93. The minimum absolute atomic E-state index is 1.07. The van der Waals surface area contributed by atoms with Gasteiger partial charge in [0.15, 0.2) is 0 Å². The first kappa shape index (κ1) is 19.0. The molecule has 0 atom stereocenters. The van der Waals surface area contributed by atoms with Crippen LogP contribution in [0.2, 0.25) is 0 Å². The number of benzene rings is 2. The summed E-state index contributed by atoms with van der Waals surface area (Å²) in [6, 6.07) is 16.7. The van der Waals surface area contributed by atoms with Crippen molar-refractivity contribution >= 4 is 10.8 Å². The minimum atomic E-state index is 1.07. The third-order valence-corrected chi connectivity index (χ3v) is 2.01. The molecule has 0 unspecified atom stereocenters. The lowest BCUT2D eigenvalue weighted by Crippen LogP contribution is -2.01. The van der Waals surface area contributed by atoms with Crippen LogP contribution >= 0.6 is 0 Å². The van der Waals surface area contributed by atoms with Crippen LogP contribution in [0.5, 0.6) is 0 Å². The van der Waals surface area contributed by atoms with Crippen LogP contribution in [0.15, 0.2) is 48.5 Å². The molecule has 0 aliphatic heterocycles. The minimum Gasteiger partial charge on any atom is -0.320 e. The summed E-state index contributed by atoms with van der Waals surface area (Å²) >= 11 is 0. The second-order valence-electron chi connectivity index (χ2n) is 3.05. The van der Waals surface area contributed by atoms with E-state index >= 15 is 0 Å². The van der Waals surface area contributed by atoms with E-state index in [9.17, 15) is 0 Å². The van der Waals surface area contributed by atoms with Gasteiger partial charge in [0, 0.05) is 0 Å². The third kappa shape index (κ3) is 8.77. The number of nitrogens with one attached hydrogen (secondary N) is 1.